The summed E-state index contributed by atoms with van der Waals surface area (Å²) >= 11 is -1.88. The van der Waals surface area contributed by atoms with Crippen LogP contribution in [0.4, 0.5) is 5.69 Å². The molecule has 2 atom stereocenters. The summed E-state index contributed by atoms with van der Waals surface area (Å²) < 4.78 is 26.3. The number of fused-ring (bicyclic) bond motifs is 1. The minimum absolute atomic E-state index is 0.108. The molecule has 4 nitrogen and oxygen atoms in total. The molecule has 0 fully saturated rings. The fraction of sp³-hybridized carbons (Fsp3) is 0.286. The Morgan fingerprint density at radius 1 is 1.03 bits per heavy atom. The molecule has 3 aromatic carbocycles. The Kier molecular flexibility index (Phi) is 7.83. The third kappa shape index (κ3) is 6.25. The van der Waals surface area contributed by atoms with Gasteiger partial charge in [-0.05, 0) is 60.2 Å². The van der Waals surface area contributed by atoms with Crippen molar-refractivity contribution in [2.45, 2.75) is 38.8 Å². The van der Waals surface area contributed by atoms with Crippen LogP contribution >= 0.6 is 0 Å². The Hall–Kier alpha value is -3.07. The highest BCUT2D eigenvalue weighted by Crippen LogP contribution is 2.28. The summed E-state index contributed by atoms with van der Waals surface area (Å²) in [5.41, 5.74) is 6.13. The van der Waals surface area contributed by atoms with Crippen molar-refractivity contribution >= 4 is 16.8 Å². The molecule has 5 heteroatoms. The van der Waals surface area contributed by atoms with Gasteiger partial charge in [0.2, 0.25) is 0 Å². The number of aryl methyl sites for hydroxylation is 1. The van der Waals surface area contributed by atoms with Gasteiger partial charge >= 0.3 is 0 Å². The molecule has 0 aliphatic carbocycles. The predicted octanol–water partition coefficient (Wildman–Crippen LogP) is 5.55. The SMILES string of the molecule is CC#CC(CS(=O)O)c1ccc(OCc2ccc(CN3CCCc4ccccc43)cc2)cc1. The number of rotatable bonds is 8. The van der Waals surface area contributed by atoms with Crippen molar-refractivity contribution in [2.24, 2.45) is 0 Å². The van der Waals surface area contributed by atoms with Crippen LogP contribution in [0.2, 0.25) is 0 Å². The molecule has 1 heterocycles. The maximum Gasteiger partial charge on any atom is 0.154 e. The zero-order valence-corrected chi connectivity index (χ0v) is 19.7. The van der Waals surface area contributed by atoms with Crippen molar-refractivity contribution < 1.29 is 13.5 Å². The van der Waals surface area contributed by atoms with Gasteiger partial charge in [-0.1, -0.05) is 60.5 Å². The molecular weight excluding hydrogens is 430 g/mol. The van der Waals surface area contributed by atoms with Crippen molar-refractivity contribution in [2.75, 3.05) is 17.2 Å². The van der Waals surface area contributed by atoms with Crippen LogP contribution in [-0.4, -0.2) is 21.1 Å². The largest absolute Gasteiger partial charge is 0.489 e. The number of para-hydroxylation sites is 1. The number of ether oxygens (including phenoxy) is 1. The molecule has 0 amide bonds. The van der Waals surface area contributed by atoms with Gasteiger partial charge in [-0.3, -0.25) is 0 Å². The van der Waals surface area contributed by atoms with Gasteiger partial charge in [0, 0.05) is 18.8 Å². The third-order valence-corrected chi connectivity index (χ3v) is 6.54. The van der Waals surface area contributed by atoms with Crippen molar-refractivity contribution in [3.8, 4) is 17.6 Å². The van der Waals surface area contributed by atoms with Gasteiger partial charge in [-0.25, -0.2) is 4.21 Å². The first-order chi connectivity index (χ1) is 16.1. The van der Waals surface area contributed by atoms with E-state index in [9.17, 15) is 8.76 Å². The summed E-state index contributed by atoms with van der Waals surface area (Å²) in [7, 11) is 0. The van der Waals surface area contributed by atoms with E-state index in [1.54, 1.807) is 6.92 Å². The highest BCUT2D eigenvalue weighted by Gasteiger charge is 2.16. The standard InChI is InChI=1S/C28H29NO3S/c1-2-6-26(21-33(30)31)24-14-16-27(17-15-24)32-20-23-12-10-22(11-13-23)19-29-18-5-8-25-7-3-4-9-28(25)29/h3-4,7,9-17,26H,5,8,18-21H2,1H3,(H,30,31). The topological polar surface area (TPSA) is 49.8 Å². The summed E-state index contributed by atoms with van der Waals surface area (Å²) in [6, 6.07) is 24.9. The van der Waals surface area contributed by atoms with Gasteiger partial charge in [-0.2, -0.15) is 0 Å². The molecule has 1 aliphatic heterocycles. The van der Waals surface area contributed by atoms with Gasteiger partial charge < -0.3 is 14.2 Å². The highest BCUT2D eigenvalue weighted by molar-refractivity contribution is 7.79. The number of nitrogens with zero attached hydrogens (tertiary/aromatic N) is 1. The van der Waals surface area contributed by atoms with Crippen LogP contribution < -0.4 is 9.64 Å². The fourth-order valence-electron chi connectivity index (χ4n) is 4.24. The molecule has 0 saturated carbocycles. The van der Waals surface area contributed by atoms with Crippen LogP contribution in [0.1, 0.15) is 41.5 Å². The Labute approximate surface area is 198 Å². The zero-order valence-electron chi connectivity index (χ0n) is 18.9. The van der Waals surface area contributed by atoms with Crippen molar-refractivity contribution in [1.82, 2.24) is 0 Å². The first-order valence-corrected chi connectivity index (χ1v) is 12.5. The predicted molar refractivity (Wildman–Crippen MR) is 135 cm³/mol. The number of hydrogen-bond acceptors (Lipinski definition) is 3. The number of benzene rings is 3. The van der Waals surface area contributed by atoms with Crippen molar-refractivity contribution in [3.63, 3.8) is 0 Å². The minimum atomic E-state index is -1.88. The Morgan fingerprint density at radius 3 is 2.48 bits per heavy atom. The van der Waals surface area contributed by atoms with Crippen LogP contribution in [0.3, 0.4) is 0 Å². The molecule has 1 aliphatic rings. The molecule has 3 aromatic rings. The van der Waals surface area contributed by atoms with Gasteiger partial charge in [-0.15, -0.1) is 5.92 Å². The first kappa shape index (κ1) is 23.1. The summed E-state index contributed by atoms with van der Waals surface area (Å²) in [4.78, 5) is 2.47. The van der Waals surface area contributed by atoms with Crippen LogP contribution in [0.15, 0.2) is 72.8 Å². The molecule has 0 bridgehead atoms. The van der Waals surface area contributed by atoms with E-state index < -0.39 is 11.1 Å². The second-order valence-corrected chi connectivity index (χ2v) is 9.24. The summed E-state index contributed by atoms with van der Waals surface area (Å²) in [6.07, 6.45) is 2.36. The van der Waals surface area contributed by atoms with E-state index in [4.69, 9.17) is 4.74 Å². The molecule has 170 valence electrons. The lowest BCUT2D eigenvalue weighted by molar-refractivity contribution is 0.306. The van der Waals surface area contributed by atoms with E-state index in [1.807, 2.05) is 24.3 Å². The van der Waals surface area contributed by atoms with E-state index >= 15 is 0 Å². The molecule has 0 radical (unpaired) electrons. The van der Waals surface area contributed by atoms with E-state index in [0.29, 0.717) is 6.61 Å². The molecule has 0 spiro atoms. The lowest BCUT2D eigenvalue weighted by Gasteiger charge is -2.31. The van der Waals surface area contributed by atoms with Gasteiger partial charge in [0.1, 0.15) is 12.4 Å². The second kappa shape index (κ2) is 11.2. The van der Waals surface area contributed by atoms with Gasteiger partial charge in [0.15, 0.2) is 11.1 Å². The normalized spacial score (nSPS) is 14.5. The summed E-state index contributed by atoms with van der Waals surface area (Å²) in [5, 5.41) is 0. The smallest absolute Gasteiger partial charge is 0.154 e. The second-order valence-electron chi connectivity index (χ2n) is 8.26. The molecular formula is C28H29NO3S. The molecule has 2 unspecified atom stereocenters. The van der Waals surface area contributed by atoms with E-state index in [2.05, 4.69) is 65.3 Å². The molecule has 1 N–H and O–H groups in total. The Balaban J connectivity index is 1.33. The maximum absolute atomic E-state index is 11.2. The van der Waals surface area contributed by atoms with Crippen LogP contribution in [0.5, 0.6) is 5.75 Å². The molecule has 0 saturated heterocycles. The Morgan fingerprint density at radius 2 is 1.76 bits per heavy atom. The summed E-state index contributed by atoms with van der Waals surface area (Å²) in [5.74, 6) is 6.46. The monoisotopic (exact) mass is 459 g/mol. The maximum atomic E-state index is 11.2. The highest BCUT2D eigenvalue weighted by atomic mass is 32.2. The van der Waals surface area contributed by atoms with E-state index in [0.717, 1.165) is 36.4 Å². The van der Waals surface area contributed by atoms with E-state index in [1.165, 1.54) is 23.2 Å². The average molecular weight is 460 g/mol. The molecule has 33 heavy (non-hydrogen) atoms. The first-order valence-electron chi connectivity index (χ1n) is 11.3. The minimum Gasteiger partial charge on any atom is -0.489 e. The average Bonchev–Trinajstić information content (AvgIpc) is 2.84. The molecule has 0 aromatic heterocycles. The van der Waals surface area contributed by atoms with Crippen LogP contribution in [0, 0.1) is 11.8 Å². The summed E-state index contributed by atoms with van der Waals surface area (Å²) in [6.45, 7) is 4.24. The van der Waals surface area contributed by atoms with Crippen LogP contribution in [-0.2, 0) is 30.7 Å². The number of anilines is 1. The van der Waals surface area contributed by atoms with Gasteiger partial charge in [0.25, 0.3) is 0 Å². The lowest BCUT2D eigenvalue weighted by Crippen LogP contribution is -2.28. The number of hydrogen-bond donors (Lipinski definition) is 1. The lowest BCUT2D eigenvalue weighted by atomic mass is 10.0. The van der Waals surface area contributed by atoms with E-state index in [-0.39, 0.29) is 11.7 Å². The third-order valence-electron chi connectivity index (χ3n) is 5.92. The fourth-order valence-corrected chi connectivity index (χ4v) is 4.80. The van der Waals surface area contributed by atoms with Crippen LogP contribution in [0.25, 0.3) is 0 Å². The van der Waals surface area contributed by atoms with Crippen molar-refractivity contribution in [1.29, 1.82) is 0 Å². The quantitative estimate of drug-likeness (QED) is 0.355. The van der Waals surface area contributed by atoms with Gasteiger partial charge in [0.05, 0.1) is 11.7 Å². The Bertz CT molecular complexity index is 1150. The molecule has 4 rings (SSSR count). The zero-order chi connectivity index (χ0) is 23.0. The van der Waals surface area contributed by atoms with Crippen molar-refractivity contribution in [3.05, 3.63) is 95.1 Å².